The van der Waals surface area contributed by atoms with Crippen LogP contribution in [0.2, 0.25) is 0 Å². The standard InChI is InChI=1S/C24H38O6/c1-6-9-14-26-17-28-22-19(4)11-13-23(29-18-27-15-10-7-2)20(5)16-21(25)30-24(22,23)12-8-3/h16,19,22H,6-7,9-11,13-15,17-18H2,1-5H3/t19?,22?,23-,24?/m0/s1. The number of fused-ring (bicyclic) bond motifs is 1. The van der Waals surface area contributed by atoms with E-state index in [1.807, 2.05) is 6.92 Å². The highest BCUT2D eigenvalue weighted by Gasteiger charge is 2.66. The lowest BCUT2D eigenvalue weighted by atomic mass is 9.62. The maximum Gasteiger partial charge on any atom is 0.332 e. The van der Waals surface area contributed by atoms with E-state index in [1.165, 1.54) is 6.08 Å². The van der Waals surface area contributed by atoms with Crippen LogP contribution in [0.1, 0.15) is 73.1 Å². The van der Waals surface area contributed by atoms with Crippen molar-refractivity contribution in [2.24, 2.45) is 5.92 Å². The number of carbonyl (C=O) groups is 1. The third-order valence-electron chi connectivity index (χ3n) is 6.02. The average molecular weight is 423 g/mol. The van der Waals surface area contributed by atoms with Gasteiger partial charge in [0.1, 0.15) is 25.3 Å². The maximum atomic E-state index is 12.5. The fourth-order valence-corrected chi connectivity index (χ4v) is 4.34. The number of rotatable bonds is 12. The van der Waals surface area contributed by atoms with Gasteiger partial charge in [-0.2, -0.15) is 0 Å². The minimum absolute atomic E-state index is 0.115. The van der Waals surface area contributed by atoms with Gasteiger partial charge in [-0.05, 0) is 56.9 Å². The number of hydrogen-bond acceptors (Lipinski definition) is 6. The second-order valence-corrected chi connectivity index (χ2v) is 8.19. The first kappa shape index (κ1) is 24.9. The minimum atomic E-state index is -1.24. The summed E-state index contributed by atoms with van der Waals surface area (Å²) in [5.41, 5.74) is -1.35. The number of unbranched alkanes of at least 4 members (excludes halogenated alkanes) is 2. The molecule has 1 aliphatic heterocycles. The predicted octanol–water partition coefficient (Wildman–Crippen LogP) is 4.37. The normalized spacial score (nSPS) is 30.7. The molecule has 0 amide bonds. The molecule has 0 aromatic rings. The van der Waals surface area contributed by atoms with E-state index < -0.39 is 23.3 Å². The zero-order valence-electron chi connectivity index (χ0n) is 19.3. The number of carbonyl (C=O) groups excluding carboxylic acids is 1. The van der Waals surface area contributed by atoms with Gasteiger partial charge in [-0.15, -0.1) is 5.92 Å². The Morgan fingerprint density at radius 2 is 1.83 bits per heavy atom. The Morgan fingerprint density at radius 3 is 2.47 bits per heavy atom. The summed E-state index contributed by atoms with van der Waals surface area (Å²) in [6.45, 7) is 11.5. The van der Waals surface area contributed by atoms with Gasteiger partial charge in [0, 0.05) is 19.3 Å². The zero-order chi connectivity index (χ0) is 22.0. The molecule has 1 saturated carbocycles. The van der Waals surface area contributed by atoms with E-state index in [4.69, 9.17) is 23.7 Å². The molecular weight excluding hydrogens is 384 g/mol. The smallest absolute Gasteiger partial charge is 0.332 e. The van der Waals surface area contributed by atoms with Gasteiger partial charge in [-0.1, -0.05) is 33.6 Å². The van der Waals surface area contributed by atoms with Gasteiger partial charge in [-0.25, -0.2) is 4.79 Å². The maximum absolute atomic E-state index is 12.5. The lowest BCUT2D eigenvalue weighted by Crippen LogP contribution is -2.70. The number of hydrogen-bond donors (Lipinski definition) is 0. The van der Waals surface area contributed by atoms with Crippen molar-refractivity contribution < 1.29 is 28.5 Å². The summed E-state index contributed by atoms with van der Waals surface area (Å²) < 4.78 is 29.9. The van der Waals surface area contributed by atoms with Gasteiger partial charge < -0.3 is 23.7 Å². The molecular formula is C24H38O6. The van der Waals surface area contributed by atoms with Crippen LogP contribution in [0.4, 0.5) is 0 Å². The molecule has 1 aliphatic carbocycles. The molecule has 6 heteroatoms. The summed E-state index contributed by atoms with van der Waals surface area (Å²) in [6, 6.07) is 0. The second-order valence-electron chi connectivity index (χ2n) is 8.19. The summed E-state index contributed by atoms with van der Waals surface area (Å²) in [6.07, 6.45) is 6.62. The molecule has 1 fully saturated rings. The van der Waals surface area contributed by atoms with Gasteiger partial charge in [0.2, 0.25) is 5.60 Å². The van der Waals surface area contributed by atoms with E-state index in [9.17, 15) is 4.79 Å². The first-order valence-electron chi connectivity index (χ1n) is 11.2. The van der Waals surface area contributed by atoms with E-state index in [-0.39, 0.29) is 19.5 Å². The van der Waals surface area contributed by atoms with Crippen LogP contribution in [0.5, 0.6) is 0 Å². The Hall–Kier alpha value is -1.39. The van der Waals surface area contributed by atoms with Crippen molar-refractivity contribution in [3.63, 3.8) is 0 Å². The van der Waals surface area contributed by atoms with Crippen LogP contribution in [0.25, 0.3) is 0 Å². The lowest BCUT2D eigenvalue weighted by Gasteiger charge is -2.56. The Bertz CT molecular complexity index is 648. The monoisotopic (exact) mass is 422 g/mol. The molecule has 4 atom stereocenters. The SMILES string of the molecule is CC#CC12OC(=O)C=C(C)[C@@]1(OCOCCCC)CCC(C)C2OCOCCCC. The summed E-state index contributed by atoms with van der Waals surface area (Å²) in [7, 11) is 0. The molecule has 1 heterocycles. The number of ether oxygens (including phenoxy) is 5. The number of esters is 1. The molecule has 0 aromatic carbocycles. The van der Waals surface area contributed by atoms with Gasteiger partial charge in [0.15, 0.2) is 0 Å². The third-order valence-corrected chi connectivity index (χ3v) is 6.02. The van der Waals surface area contributed by atoms with Crippen molar-refractivity contribution in [2.45, 2.75) is 90.4 Å². The molecule has 0 bridgehead atoms. The molecule has 0 radical (unpaired) electrons. The molecule has 170 valence electrons. The van der Waals surface area contributed by atoms with Crippen LogP contribution < -0.4 is 0 Å². The van der Waals surface area contributed by atoms with Crippen LogP contribution in [0, 0.1) is 17.8 Å². The fraction of sp³-hybridized carbons (Fsp3) is 0.792. The zero-order valence-corrected chi connectivity index (χ0v) is 19.3. The van der Waals surface area contributed by atoms with Crippen molar-refractivity contribution in [3.8, 4) is 11.8 Å². The van der Waals surface area contributed by atoms with E-state index in [1.54, 1.807) is 6.92 Å². The molecule has 30 heavy (non-hydrogen) atoms. The van der Waals surface area contributed by atoms with Crippen molar-refractivity contribution in [1.29, 1.82) is 0 Å². The third kappa shape index (κ3) is 5.26. The molecule has 3 unspecified atom stereocenters. The van der Waals surface area contributed by atoms with Gasteiger partial charge in [0.25, 0.3) is 0 Å². The molecule has 0 N–H and O–H groups in total. The highest BCUT2D eigenvalue weighted by Crippen LogP contribution is 2.52. The predicted molar refractivity (Wildman–Crippen MR) is 115 cm³/mol. The van der Waals surface area contributed by atoms with Gasteiger partial charge >= 0.3 is 5.97 Å². The molecule has 2 aliphatic rings. The quantitative estimate of drug-likeness (QED) is 0.201. The van der Waals surface area contributed by atoms with Crippen molar-refractivity contribution in [2.75, 3.05) is 26.8 Å². The fourth-order valence-electron chi connectivity index (χ4n) is 4.34. The molecule has 0 spiro atoms. The summed E-state index contributed by atoms with van der Waals surface area (Å²) in [4.78, 5) is 12.5. The molecule has 0 saturated heterocycles. The van der Waals surface area contributed by atoms with Crippen LogP contribution >= 0.6 is 0 Å². The highest BCUT2D eigenvalue weighted by molar-refractivity contribution is 5.86. The van der Waals surface area contributed by atoms with Crippen LogP contribution in [-0.4, -0.2) is 50.1 Å². The molecule has 6 nitrogen and oxygen atoms in total. The summed E-state index contributed by atoms with van der Waals surface area (Å²) >= 11 is 0. The van der Waals surface area contributed by atoms with E-state index in [0.29, 0.717) is 19.6 Å². The largest absolute Gasteiger partial charge is 0.436 e. The topological polar surface area (TPSA) is 63.2 Å². The lowest BCUT2D eigenvalue weighted by molar-refractivity contribution is -0.273. The Balaban J connectivity index is 2.32. The van der Waals surface area contributed by atoms with Crippen LogP contribution in [-0.2, 0) is 28.5 Å². The van der Waals surface area contributed by atoms with Gasteiger partial charge in [-0.3, -0.25) is 0 Å². The summed E-state index contributed by atoms with van der Waals surface area (Å²) in [5.74, 6) is 5.86. The van der Waals surface area contributed by atoms with E-state index in [0.717, 1.165) is 37.7 Å². The Morgan fingerprint density at radius 1 is 1.17 bits per heavy atom. The summed E-state index contributed by atoms with van der Waals surface area (Å²) in [5, 5.41) is 0. The molecule has 2 rings (SSSR count). The van der Waals surface area contributed by atoms with E-state index >= 15 is 0 Å². The second kappa shape index (κ2) is 11.9. The van der Waals surface area contributed by atoms with E-state index in [2.05, 4.69) is 32.6 Å². The van der Waals surface area contributed by atoms with Crippen molar-refractivity contribution in [1.82, 2.24) is 0 Å². The van der Waals surface area contributed by atoms with Crippen molar-refractivity contribution >= 4 is 5.97 Å². The molecule has 0 aromatic heterocycles. The van der Waals surface area contributed by atoms with Crippen molar-refractivity contribution in [3.05, 3.63) is 11.6 Å². The first-order chi connectivity index (χ1) is 14.5. The first-order valence-corrected chi connectivity index (χ1v) is 11.2. The highest BCUT2D eigenvalue weighted by atomic mass is 16.7. The van der Waals surface area contributed by atoms with Crippen LogP contribution in [0.3, 0.4) is 0 Å². The average Bonchev–Trinajstić information content (AvgIpc) is 2.70. The van der Waals surface area contributed by atoms with Crippen LogP contribution in [0.15, 0.2) is 11.6 Å². The van der Waals surface area contributed by atoms with Gasteiger partial charge in [0.05, 0.1) is 0 Å². The minimum Gasteiger partial charge on any atom is -0.436 e. The Labute approximate surface area is 181 Å². The Kier molecular flexibility index (Phi) is 9.83.